The number of hydrogen-bond acceptors (Lipinski definition) is 9. The van der Waals surface area contributed by atoms with E-state index in [1.54, 1.807) is 26.6 Å². The van der Waals surface area contributed by atoms with Crippen LogP contribution in [-0.2, 0) is 17.8 Å². The van der Waals surface area contributed by atoms with Crippen LogP contribution in [0.1, 0.15) is 50.4 Å². The van der Waals surface area contributed by atoms with E-state index in [0.717, 1.165) is 49.0 Å². The maximum atomic E-state index is 11.5. The first-order valence-corrected chi connectivity index (χ1v) is 17.1. The molecule has 10 nitrogen and oxygen atoms in total. The van der Waals surface area contributed by atoms with Crippen LogP contribution in [0.15, 0.2) is 48.8 Å². The van der Waals surface area contributed by atoms with Crippen LogP contribution in [0, 0.1) is 5.92 Å². The fraction of sp³-hybridized carbons (Fsp3) is 0.417. The zero-order valence-corrected chi connectivity index (χ0v) is 28.9. The molecule has 0 saturated carbocycles. The third-order valence-electron chi connectivity index (χ3n) is 9.28. The monoisotopic (exact) mass is 690 g/mol. The lowest BCUT2D eigenvalue weighted by atomic mass is 9.96. The molecule has 6 rings (SSSR count). The first kappa shape index (κ1) is 34.0. The van der Waals surface area contributed by atoms with Gasteiger partial charge in [0.1, 0.15) is 11.4 Å². The summed E-state index contributed by atoms with van der Waals surface area (Å²) in [6.07, 6.45) is 7.90. The molecule has 12 heteroatoms. The summed E-state index contributed by atoms with van der Waals surface area (Å²) in [5.41, 5.74) is 5.48. The number of carbonyl (C=O) groups is 1. The lowest BCUT2D eigenvalue weighted by Crippen LogP contribution is -2.42. The molecule has 2 saturated heterocycles. The van der Waals surface area contributed by atoms with E-state index in [2.05, 4.69) is 22.1 Å². The van der Waals surface area contributed by atoms with Gasteiger partial charge in [-0.05, 0) is 44.6 Å². The van der Waals surface area contributed by atoms with Gasteiger partial charge in [0.25, 0.3) is 0 Å². The van der Waals surface area contributed by atoms with Gasteiger partial charge in [-0.1, -0.05) is 66.5 Å². The number of benzene rings is 2. The smallest absolute Gasteiger partial charge is 0.237 e. The number of ether oxygens (including phenoxy) is 2. The highest BCUT2D eigenvalue weighted by Crippen LogP contribution is 2.42. The normalized spacial score (nSPS) is 19.7. The van der Waals surface area contributed by atoms with Crippen molar-refractivity contribution in [2.45, 2.75) is 64.1 Å². The van der Waals surface area contributed by atoms with Gasteiger partial charge in [-0.15, -0.1) is 0 Å². The number of carbonyl (C=O) groups excluding carboxylic acids is 1. The van der Waals surface area contributed by atoms with E-state index in [4.69, 9.17) is 47.6 Å². The standard InChI is InChI=1S/C36H40Cl2N6O4/c1-21-15-16-44(20-31(21)45)19-30-36(48-3)43-29(18-40-30)26-11-6-9-24(34(26)38)23-8-5-10-25(33(23)37)28-17-39-27(35(42-28)47-2)12-4-7-22-13-14-32(46)41-22/h5-6,8-11,17-18,21-22,31,45H,4,7,12-16,19-20H2,1-3H3,(H,41,46)/t21-,22-,31+/m1/s1. The molecule has 2 N–H and O–H groups in total. The Morgan fingerprint density at radius 3 is 2.04 bits per heavy atom. The van der Waals surface area contributed by atoms with Crippen molar-refractivity contribution in [3.63, 3.8) is 0 Å². The third kappa shape index (κ3) is 7.42. The number of likely N-dealkylation sites (tertiary alicyclic amines) is 1. The number of aryl methyl sites for hydroxylation is 1. The van der Waals surface area contributed by atoms with E-state index < -0.39 is 0 Å². The zero-order chi connectivity index (χ0) is 33.8. The molecule has 0 radical (unpaired) electrons. The summed E-state index contributed by atoms with van der Waals surface area (Å²) in [7, 11) is 3.16. The van der Waals surface area contributed by atoms with E-state index >= 15 is 0 Å². The van der Waals surface area contributed by atoms with Crippen LogP contribution in [0.4, 0.5) is 0 Å². The molecule has 2 aromatic carbocycles. The van der Waals surface area contributed by atoms with Crippen LogP contribution in [0.2, 0.25) is 10.0 Å². The molecule has 0 aliphatic carbocycles. The second-order valence-electron chi connectivity index (χ2n) is 12.5. The van der Waals surface area contributed by atoms with E-state index in [9.17, 15) is 9.90 Å². The van der Waals surface area contributed by atoms with Gasteiger partial charge in [-0.3, -0.25) is 19.7 Å². The summed E-state index contributed by atoms with van der Waals surface area (Å²) < 4.78 is 11.3. The number of piperidine rings is 1. The summed E-state index contributed by atoms with van der Waals surface area (Å²) in [6, 6.07) is 11.7. The minimum atomic E-state index is -0.360. The van der Waals surface area contributed by atoms with Crippen LogP contribution in [0.3, 0.4) is 0 Å². The summed E-state index contributed by atoms with van der Waals surface area (Å²) in [6.45, 7) is 4.08. The number of aliphatic hydroxyl groups is 1. The molecule has 1 amide bonds. The molecule has 0 unspecified atom stereocenters. The van der Waals surface area contributed by atoms with Crippen molar-refractivity contribution in [1.82, 2.24) is 30.2 Å². The fourth-order valence-electron chi connectivity index (χ4n) is 6.42. The highest BCUT2D eigenvalue weighted by atomic mass is 35.5. The number of nitrogens with zero attached hydrogens (tertiary/aromatic N) is 5. The van der Waals surface area contributed by atoms with Crippen LogP contribution < -0.4 is 14.8 Å². The van der Waals surface area contributed by atoms with Gasteiger partial charge >= 0.3 is 0 Å². The van der Waals surface area contributed by atoms with Gasteiger partial charge in [0.05, 0.1) is 54.2 Å². The van der Waals surface area contributed by atoms with Crippen LogP contribution in [0.25, 0.3) is 33.6 Å². The van der Waals surface area contributed by atoms with Crippen molar-refractivity contribution in [2.24, 2.45) is 5.92 Å². The number of amides is 1. The van der Waals surface area contributed by atoms with Crippen molar-refractivity contribution < 1.29 is 19.4 Å². The Labute approximate surface area is 290 Å². The molecular formula is C36H40Cl2N6O4. The molecular weight excluding hydrogens is 651 g/mol. The lowest BCUT2D eigenvalue weighted by molar-refractivity contribution is -0.119. The van der Waals surface area contributed by atoms with Gasteiger partial charge in [0, 0.05) is 47.8 Å². The first-order valence-electron chi connectivity index (χ1n) is 16.3. The number of halogens is 2. The van der Waals surface area contributed by atoms with Crippen LogP contribution in [0.5, 0.6) is 11.8 Å². The number of aliphatic hydroxyl groups excluding tert-OH is 1. The largest absolute Gasteiger partial charge is 0.480 e. The van der Waals surface area contributed by atoms with Gasteiger partial charge < -0.3 is 19.9 Å². The Hall–Kier alpha value is -3.83. The Morgan fingerprint density at radius 2 is 1.48 bits per heavy atom. The van der Waals surface area contributed by atoms with Gasteiger partial charge in [0.15, 0.2) is 0 Å². The Kier molecular flexibility index (Phi) is 10.8. The number of hydrogen-bond donors (Lipinski definition) is 2. The van der Waals surface area contributed by atoms with Crippen LogP contribution >= 0.6 is 23.2 Å². The minimum absolute atomic E-state index is 0.123. The Balaban J connectivity index is 1.23. The maximum Gasteiger partial charge on any atom is 0.237 e. The molecule has 0 spiro atoms. The number of methoxy groups -OCH3 is 2. The maximum absolute atomic E-state index is 11.5. The molecule has 2 aliphatic heterocycles. The minimum Gasteiger partial charge on any atom is -0.480 e. The summed E-state index contributed by atoms with van der Waals surface area (Å²) in [5, 5.41) is 14.3. The number of β-amino-alcohol motifs (C(OH)–C–C–N with tert-alkyl or cyclic N) is 1. The fourth-order valence-corrected chi connectivity index (χ4v) is 7.06. The SMILES string of the molecule is COc1nc(-c2cccc(-c3cccc(-c4cnc(CN5CC[C@@H](C)[C@@H](O)C5)c(OC)n4)c3Cl)c2Cl)cnc1CCC[C@@H]1CCC(=O)N1. The Bertz CT molecular complexity index is 1790. The third-order valence-corrected chi connectivity index (χ3v) is 10.1. The van der Waals surface area contributed by atoms with Gasteiger partial charge in [0.2, 0.25) is 17.7 Å². The molecule has 4 aromatic rings. The van der Waals surface area contributed by atoms with Crippen molar-refractivity contribution >= 4 is 29.1 Å². The first-order chi connectivity index (χ1) is 23.2. The van der Waals surface area contributed by atoms with E-state index in [1.165, 1.54) is 0 Å². The molecule has 2 aromatic heterocycles. The molecule has 2 aliphatic rings. The summed E-state index contributed by atoms with van der Waals surface area (Å²) in [4.78, 5) is 32.6. The van der Waals surface area contributed by atoms with Crippen molar-refractivity contribution in [3.8, 4) is 45.4 Å². The number of aromatic nitrogens is 4. The van der Waals surface area contributed by atoms with Gasteiger partial charge in [-0.2, -0.15) is 0 Å². The second kappa shape index (κ2) is 15.2. The number of nitrogens with one attached hydrogen (secondary N) is 1. The molecule has 252 valence electrons. The van der Waals surface area contributed by atoms with E-state index in [0.29, 0.717) is 75.9 Å². The molecule has 2 fully saturated rings. The topological polar surface area (TPSA) is 123 Å². The molecule has 3 atom stereocenters. The second-order valence-corrected chi connectivity index (χ2v) is 13.3. The van der Waals surface area contributed by atoms with E-state index in [1.807, 2.05) is 36.4 Å². The average molecular weight is 692 g/mol. The summed E-state index contributed by atoms with van der Waals surface area (Å²) in [5.74, 6) is 1.28. The lowest BCUT2D eigenvalue weighted by Gasteiger charge is -2.34. The van der Waals surface area contributed by atoms with Crippen molar-refractivity contribution in [2.75, 3.05) is 27.3 Å². The van der Waals surface area contributed by atoms with Crippen molar-refractivity contribution in [1.29, 1.82) is 0 Å². The predicted molar refractivity (Wildman–Crippen MR) is 186 cm³/mol. The highest BCUT2D eigenvalue weighted by molar-refractivity contribution is 6.39. The Morgan fingerprint density at radius 1 is 0.896 bits per heavy atom. The molecule has 4 heterocycles. The zero-order valence-electron chi connectivity index (χ0n) is 27.4. The highest BCUT2D eigenvalue weighted by Gasteiger charge is 2.26. The molecule has 48 heavy (non-hydrogen) atoms. The van der Waals surface area contributed by atoms with Crippen molar-refractivity contribution in [3.05, 3.63) is 70.2 Å². The predicted octanol–water partition coefficient (Wildman–Crippen LogP) is 6.40. The van der Waals surface area contributed by atoms with Gasteiger partial charge in [-0.25, -0.2) is 9.97 Å². The molecule has 0 bridgehead atoms. The van der Waals surface area contributed by atoms with E-state index in [-0.39, 0.29) is 24.0 Å². The quantitative estimate of drug-likeness (QED) is 0.184. The average Bonchev–Trinajstić information content (AvgIpc) is 3.51. The summed E-state index contributed by atoms with van der Waals surface area (Å²) >= 11 is 14.1. The van der Waals surface area contributed by atoms with Crippen LogP contribution in [-0.4, -0.2) is 75.3 Å². The number of rotatable bonds is 11.